The van der Waals surface area contributed by atoms with E-state index in [0.717, 1.165) is 0 Å². The van der Waals surface area contributed by atoms with Crippen molar-refractivity contribution in [2.45, 2.75) is 32.9 Å². The average molecular weight is 410 g/mol. The zero-order chi connectivity index (χ0) is 19.7. The van der Waals surface area contributed by atoms with E-state index >= 15 is 0 Å². The van der Waals surface area contributed by atoms with E-state index in [1.807, 2.05) is 13.8 Å². The van der Waals surface area contributed by atoms with Gasteiger partial charge in [0.1, 0.15) is 0 Å². The van der Waals surface area contributed by atoms with Crippen molar-refractivity contribution in [2.75, 3.05) is 20.2 Å². The highest BCUT2D eigenvalue weighted by molar-refractivity contribution is 5.87. The van der Waals surface area contributed by atoms with E-state index in [2.05, 4.69) is 15.4 Å². The van der Waals surface area contributed by atoms with Gasteiger partial charge < -0.3 is 25.8 Å². The fourth-order valence-electron chi connectivity index (χ4n) is 2.06. The van der Waals surface area contributed by atoms with Gasteiger partial charge in [0.05, 0.1) is 19.7 Å². The van der Waals surface area contributed by atoms with Crippen molar-refractivity contribution in [3.63, 3.8) is 0 Å². The summed E-state index contributed by atoms with van der Waals surface area (Å²) in [6, 6.07) is 3.96. The SMILES string of the molecule is COc1ccc(CCNC(=O)CNC(=O)[C@@H](N)C(C)C)cc1OC(F)F.Cl. The summed E-state index contributed by atoms with van der Waals surface area (Å²) in [5, 5.41) is 5.09. The maximum atomic E-state index is 12.4. The van der Waals surface area contributed by atoms with Crippen LogP contribution in [0, 0.1) is 5.92 Å². The molecule has 0 unspecified atom stereocenters. The van der Waals surface area contributed by atoms with Gasteiger partial charge in [-0.2, -0.15) is 8.78 Å². The number of nitrogens with one attached hydrogen (secondary N) is 2. The van der Waals surface area contributed by atoms with E-state index in [1.54, 1.807) is 6.07 Å². The molecule has 0 aliphatic heterocycles. The van der Waals surface area contributed by atoms with Gasteiger partial charge in [0.25, 0.3) is 0 Å². The molecule has 0 saturated heterocycles. The predicted octanol–water partition coefficient (Wildman–Crippen LogP) is 1.48. The van der Waals surface area contributed by atoms with Gasteiger partial charge in [-0.3, -0.25) is 9.59 Å². The summed E-state index contributed by atoms with van der Waals surface area (Å²) in [4.78, 5) is 23.4. The van der Waals surface area contributed by atoms with E-state index in [9.17, 15) is 18.4 Å². The fraction of sp³-hybridized carbons (Fsp3) is 0.529. The van der Waals surface area contributed by atoms with E-state index in [0.29, 0.717) is 12.0 Å². The monoisotopic (exact) mass is 409 g/mol. The van der Waals surface area contributed by atoms with Crippen molar-refractivity contribution >= 4 is 24.2 Å². The normalized spacial score (nSPS) is 11.6. The molecule has 0 saturated carbocycles. The van der Waals surface area contributed by atoms with Gasteiger partial charge in [0, 0.05) is 6.54 Å². The number of hydrogen-bond donors (Lipinski definition) is 3. The summed E-state index contributed by atoms with van der Waals surface area (Å²) >= 11 is 0. The number of halogens is 3. The molecule has 0 spiro atoms. The molecule has 1 atom stereocenters. The van der Waals surface area contributed by atoms with Crippen molar-refractivity contribution in [2.24, 2.45) is 11.7 Å². The Balaban J connectivity index is 0.00000676. The van der Waals surface area contributed by atoms with Gasteiger partial charge in [-0.15, -0.1) is 12.4 Å². The number of rotatable bonds is 10. The first kappa shape index (κ1) is 24.9. The largest absolute Gasteiger partial charge is 0.493 e. The number of methoxy groups -OCH3 is 1. The molecule has 0 fully saturated rings. The highest BCUT2D eigenvalue weighted by Gasteiger charge is 2.17. The maximum absolute atomic E-state index is 12.4. The van der Waals surface area contributed by atoms with Gasteiger partial charge in [-0.25, -0.2) is 0 Å². The van der Waals surface area contributed by atoms with Crippen LogP contribution in [0.4, 0.5) is 8.78 Å². The van der Waals surface area contributed by atoms with E-state index < -0.39 is 12.7 Å². The lowest BCUT2D eigenvalue weighted by Crippen LogP contribution is -2.47. The molecule has 1 aromatic carbocycles. The Morgan fingerprint density at radius 1 is 1.19 bits per heavy atom. The molecule has 0 aromatic heterocycles. The Morgan fingerprint density at radius 2 is 1.85 bits per heavy atom. The van der Waals surface area contributed by atoms with Crippen LogP contribution in [0.2, 0.25) is 0 Å². The minimum atomic E-state index is -2.96. The summed E-state index contributed by atoms with van der Waals surface area (Å²) in [6.45, 7) is 0.753. The van der Waals surface area contributed by atoms with Crippen LogP contribution in [0.1, 0.15) is 19.4 Å². The molecule has 10 heteroatoms. The summed E-state index contributed by atoms with van der Waals surface area (Å²) in [5.74, 6) is -0.660. The standard InChI is InChI=1S/C17H25F2N3O4.ClH/c1-10(2)15(20)16(24)22-9-14(23)21-7-6-11-4-5-12(25-3)13(8-11)26-17(18)19;/h4-5,8,10,15,17H,6-7,9,20H2,1-3H3,(H,21,23)(H,22,24);1H/t15-;/m0./s1. The second-order valence-corrected chi connectivity index (χ2v) is 5.95. The Morgan fingerprint density at radius 3 is 2.41 bits per heavy atom. The summed E-state index contributed by atoms with van der Waals surface area (Å²) < 4.78 is 34.2. The van der Waals surface area contributed by atoms with Crippen LogP contribution in [-0.2, 0) is 16.0 Å². The molecule has 0 heterocycles. The number of ether oxygens (including phenoxy) is 2. The van der Waals surface area contributed by atoms with Crippen molar-refractivity contribution in [3.05, 3.63) is 23.8 Å². The second-order valence-electron chi connectivity index (χ2n) is 5.95. The van der Waals surface area contributed by atoms with Gasteiger partial charge in [-0.05, 0) is 30.0 Å². The number of carbonyl (C=O) groups is 2. The quantitative estimate of drug-likeness (QED) is 0.543. The molecule has 0 bridgehead atoms. The maximum Gasteiger partial charge on any atom is 0.387 e. The van der Waals surface area contributed by atoms with E-state index in [-0.39, 0.29) is 54.7 Å². The van der Waals surface area contributed by atoms with Crippen molar-refractivity contribution in [1.29, 1.82) is 0 Å². The topological polar surface area (TPSA) is 103 Å². The van der Waals surface area contributed by atoms with Crippen LogP contribution < -0.4 is 25.8 Å². The first-order valence-electron chi connectivity index (χ1n) is 8.16. The molecule has 2 amide bonds. The Bertz CT molecular complexity index is 618. The lowest BCUT2D eigenvalue weighted by molar-refractivity contribution is -0.127. The van der Waals surface area contributed by atoms with E-state index in [4.69, 9.17) is 10.5 Å². The number of carbonyl (C=O) groups excluding carboxylic acids is 2. The van der Waals surface area contributed by atoms with Crippen LogP contribution in [0.15, 0.2) is 18.2 Å². The zero-order valence-electron chi connectivity index (χ0n) is 15.5. The number of nitrogens with two attached hydrogens (primary N) is 1. The van der Waals surface area contributed by atoms with Crippen molar-refractivity contribution < 1.29 is 27.8 Å². The van der Waals surface area contributed by atoms with Crippen LogP contribution in [0.5, 0.6) is 11.5 Å². The fourth-order valence-corrected chi connectivity index (χ4v) is 2.06. The van der Waals surface area contributed by atoms with Gasteiger partial charge in [0.2, 0.25) is 11.8 Å². The number of amides is 2. The van der Waals surface area contributed by atoms with Crippen molar-refractivity contribution in [3.8, 4) is 11.5 Å². The first-order chi connectivity index (χ1) is 12.2. The van der Waals surface area contributed by atoms with Crippen LogP contribution in [0.25, 0.3) is 0 Å². The lowest BCUT2D eigenvalue weighted by atomic mass is 10.1. The van der Waals surface area contributed by atoms with Crippen LogP contribution >= 0.6 is 12.4 Å². The third-order valence-electron chi connectivity index (χ3n) is 3.62. The Kier molecular flexibility index (Phi) is 11.3. The second kappa shape index (κ2) is 12.3. The lowest BCUT2D eigenvalue weighted by Gasteiger charge is -2.15. The summed E-state index contributed by atoms with van der Waals surface area (Å²) in [6.07, 6.45) is 0.398. The minimum Gasteiger partial charge on any atom is -0.493 e. The molecule has 1 rings (SSSR count). The summed E-state index contributed by atoms with van der Waals surface area (Å²) in [7, 11) is 1.35. The number of benzene rings is 1. The van der Waals surface area contributed by atoms with Crippen LogP contribution in [0.3, 0.4) is 0 Å². The molecule has 27 heavy (non-hydrogen) atoms. The molecular formula is C17H26ClF2N3O4. The molecule has 7 nitrogen and oxygen atoms in total. The summed E-state index contributed by atoms with van der Waals surface area (Å²) in [5.41, 5.74) is 6.36. The Labute approximate surface area is 163 Å². The van der Waals surface area contributed by atoms with Gasteiger partial charge in [0.15, 0.2) is 11.5 Å². The zero-order valence-corrected chi connectivity index (χ0v) is 16.3. The number of alkyl halides is 2. The van der Waals surface area contributed by atoms with Crippen molar-refractivity contribution in [1.82, 2.24) is 10.6 Å². The third kappa shape index (κ3) is 8.87. The third-order valence-corrected chi connectivity index (χ3v) is 3.62. The Hall–Kier alpha value is -2.13. The molecule has 0 aliphatic rings. The van der Waals surface area contributed by atoms with E-state index in [1.165, 1.54) is 19.2 Å². The highest BCUT2D eigenvalue weighted by Crippen LogP contribution is 2.29. The molecule has 4 N–H and O–H groups in total. The highest BCUT2D eigenvalue weighted by atomic mass is 35.5. The smallest absolute Gasteiger partial charge is 0.387 e. The average Bonchev–Trinajstić information content (AvgIpc) is 2.58. The van der Waals surface area contributed by atoms with Gasteiger partial charge in [-0.1, -0.05) is 19.9 Å². The predicted molar refractivity (Wildman–Crippen MR) is 99.4 cm³/mol. The molecular weight excluding hydrogens is 384 g/mol. The molecule has 0 radical (unpaired) electrons. The minimum absolute atomic E-state index is 0. The number of hydrogen-bond acceptors (Lipinski definition) is 5. The molecule has 1 aromatic rings. The van der Waals surface area contributed by atoms with Gasteiger partial charge >= 0.3 is 6.61 Å². The van der Waals surface area contributed by atoms with Crippen LogP contribution in [-0.4, -0.2) is 44.7 Å². The molecule has 154 valence electrons. The molecule has 0 aliphatic carbocycles. The first-order valence-corrected chi connectivity index (χ1v) is 8.16.